The second-order valence-corrected chi connectivity index (χ2v) is 6.55. The van der Waals surface area contributed by atoms with Crippen LogP contribution in [0.15, 0.2) is 24.3 Å². The minimum atomic E-state index is -0.345. The molecule has 0 spiro atoms. The third-order valence-corrected chi connectivity index (χ3v) is 3.75. The van der Waals surface area contributed by atoms with Gasteiger partial charge in [0.05, 0.1) is 6.61 Å². The summed E-state index contributed by atoms with van der Waals surface area (Å²) in [5, 5.41) is 6.10. The van der Waals surface area contributed by atoms with Crippen LogP contribution < -0.4 is 10.6 Å². The first-order valence-electron chi connectivity index (χ1n) is 7.66. The number of nitrogens with one attached hydrogen (secondary N) is 2. The lowest BCUT2D eigenvalue weighted by Crippen LogP contribution is -2.48. The molecule has 0 bridgehead atoms. The van der Waals surface area contributed by atoms with Gasteiger partial charge in [-0.05, 0) is 23.0 Å². The van der Waals surface area contributed by atoms with E-state index in [4.69, 9.17) is 4.74 Å². The van der Waals surface area contributed by atoms with Gasteiger partial charge in [0.1, 0.15) is 6.10 Å². The van der Waals surface area contributed by atoms with Gasteiger partial charge >= 0.3 is 0 Å². The number of hydrogen-bond donors (Lipinski definition) is 2. The summed E-state index contributed by atoms with van der Waals surface area (Å²) in [6.07, 6.45) is 0.498. The van der Waals surface area contributed by atoms with Gasteiger partial charge in [0.25, 0.3) is 0 Å². The van der Waals surface area contributed by atoms with Crippen molar-refractivity contribution in [1.82, 2.24) is 10.6 Å². The van der Waals surface area contributed by atoms with Crippen LogP contribution >= 0.6 is 12.4 Å². The molecule has 0 saturated carbocycles. The number of benzene rings is 1. The molecule has 124 valence electrons. The topological polar surface area (TPSA) is 50.4 Å². The van der Waals surface area contributed by atoms with Crippen molar-refractivity contribution >= 4 is 18.3 Å². The molecule has 1 fully saturated rings. The quantitative estimate of drug-likeness (QED) is 0.890. The van der Waals surface area contributed by atoms with Gasteiger partial charge in [-0.2, -0.15) is 0 Å². The number of hydrogen-bond acceptors (Lipinski definition) is 3. The van der Waals surface area contributed by atoms with Crippen molar-refractivity contribution in [3.8, 4) is 0 Å². The molecule has 1 unspecified atom stereocenters. The van der Waals surface area contributed by atoms with Gasteiger partial charge in [0.15, 0.2) is 0 Å². The molecule has 1 aliphatic rings. The van der Waals surface area contributed by atoms with Crippen LogP contribution in [0.1, 0.15) is 31.9 Å². The minimum absolute atomic E-state index is 0. The van der Waals surface area contributed by atoms with Crippen LogP contribution in [0, 0.1) is 0 Å². The van der Waals surface area contributed by atoms with Crippen LogP contribution in [0.2, 0.25) is 0 Å². The van der Waals surface area contributed by atoms with Gasteiger partial charge in [-0.3, -0.25) is 4.79 Å². The Kier molecular flexibility index (Phi) is 7.33. The smallest absolute Gasteiger partial charge is 0.250 e. The summed E-state index contributed by atoms with van der Waals surface area (Å²) < 4.78 is 5.42. The SMILES string of the molecule is CC(C)(C)c1ccc(CCNC(=O)C2CNCCO2)cc1.Cl. The third kappa shape index (κ3) is 5.59. The third-order valence-electron chi connectivity index (χ3n) is 3.75. The molecule has 1 aromatic carbocycles. The molecular weight excluding hydrogens is 300 g/mol. The Labute approximate surface area is 139 Å². The number of carbonyl (C=O) groups excluding carboxylic acids is 1. The minimum Gasteiger partial charge on any atom is -0.366 e. The summed E-state index contributed by atoms with van der Waals surface area (Å²) in [7, 11) is 0. The maximum absolute atomic E-state index is 11.9. The van der Waals surface area contributed by atoms with Crippen LogP contribution in [0.25, 0.3) is 0 Å². The molecule has 1 aliphatic heterocycles. The summed E-state index contributed by atoms with van der Waals surface area (Å²) in [5.74, 6) is -0.0199. The van der Waals surface area contributed by atoms with E-state index in [9.17, 15) is 4.79 Å². The fourth-order valence-electron chi connectivity index (χ4n) is 2.35. The van der Waals surface area contributed by atoms with Crippen molar-refractivity contribution in [1.29, 1.82) is 0 Å². The standard InChI is InChI=1S/C17H26N2O2.ClH/c1-17(2,3)14-6-4-13(5-7-14)8-9-19-16(20)15-12-18-10-11-21-15;/h4-7,15,18H,8-12H2,1-3H3,(H,19,20);1H. The highest BCUT2D eigenvalue weighted by Gasteiger charge is 2.21. The summed E-state index contributed by atoms with van der Waals surface area (Å²) >= 11 is 0. The molecule has 1 saturated heterocycles. The Hall–Kier alpha value is -1.10. The summed E-state index contributed by atoms with van der Waals surface area (Å²) in [6, 6.07) is 8.63. The van der Waals surface area contributed by atoms with E-state index in [2.05, 4.69) is 55.7 Å². The van der Waals surface area contributed by atoms with Crippen LogP contribution in [0.5, 0.6) is 0 Å². The van der Waals surface area contributed by atoms with E-state index >= 15 is 0 Å². The zero-order valence-electron chi connectivity index (χ0n) is 13.6. The van der Waals surface area contributed by atoms with Crippen molar-refractivity contribution in [3.05, 3.63) is 35.4 Å². The fraction of sp³-hybridized carbons (Fsp3) is 0.588. The largest absolute Gasteiger partial charge is 0.366 e. The van der Waals surface area contributed by atoms with Crippen molar-refractivity contribution < 1.29 is 9.53 Å². The monoisotopic (exact) mass is 326 g/mol. The molecule has 2 rings (SSSR count). The number of rotatable bonds is 4. The molecule has 4 nitrogen and oxygen atoms in total. The Morgan fingerprint density at radius 3 is 2.55 bits per heavy atom. The van der Waals surface area contributed by atoms with E-state index in [1.54, 1.807) is 0 Å². The van der Waals surface area contributed by atoms with Crippen LogP contribution in [-0.2, 0) is 21.4 Å². The molecule has 2 N–H and O–H groups in total. The molecule has 0 aromatic heterocycles. The van der Waals surface area contributed by atoms with Crippen LogP contribution in [0.3, 0.4) is 0 Å². The van der Waals surface area contributed by atoms with Crippen molar-refractivity contribution in [3.63, 3.8) is 0 Å². The lowest BCUT2D eigenvalue weighted by atomic mass is 9.86. The predicted octanol–water partition coefficient (Wildman–Crippen LogP) is 2.05. The Bertz CT molecular complexity index is 463. The molecule has 22 heavy (non-hydrogen) atoms. The number of halogens is 1. The van der Waals surface area contributed by atoms with E-state index in [0.717, 1.165) is 13.0 Å². The van der Waals surface area contributed by atoms with Crippen LogP contribution in [0.4, 0.5) is 0 Å². The lowest BCUT2D eigenvalue weighted by Gasteiger charge is -2.22. The van der Waals surface area contributed by atoms with Crippen molar-refractivity contribution in [2.75, 3.05) is 26.2 Å². The highest BCUT2D eigenvalue weighted by Crippen LogP contribution is 2.22. The van der Waals surface area contributed by atoms with Crippen molar-refractivity contribution in [2.24, 2.45) is 0 Å². The maximum Gasteiger partial charge on any atom is 0.250 e. The molecule has 1 atom stereocenters. The molecule has 0 radical (unpaired) electrons. The average Bonchev–Trinajstić information content (AvgIpc) is 2.47. The molecule has 5 heteroatoms. The molecule has 1 heterocycles. The van der Waals surface area contributed by atoms with Crippen molar-refractivity contribution in [2.45, 2.75) is 38.7 Å². The maximum atomic E-state index is 11.9. The molecular formula is C17H27ClN2O2. The summed E-state index contributed by atoms with van der Waals surface area (Å²) in [5.41, 5.74) is 2.75. The first-order valence-corrected chi connectivity index (χ1v) is 7.66. The van der Waals surface area contributed by atoms with Gasteiger partial charge in [0.2, 0.25) is 5.91 Å². The molecule has 1 aromatic rings. The normalized spacial score (nSPS) is 18.4. The number of amides is 1. The zero-order valence-corrected chi connectivity index (χ0v) is 14.5. The average molecular weight is 327 g/mol. The summed E-state index contributed by atoms with van der Waals surface area (Å²) in [4.78, 5) is 11.9. The second-order valence-electron chi connectivity index (χ2n) is 6.55. The van der Waals surface area contributed by atoms with Gasteiger partial charge in [0, 0.05) is 19.6 Å². The molecule has 1 amide bonds. The first kappa shape index (κ1) is 18.9. The van der Waals surface area contributed by atoms with Gasteiger partial charge in [-0.25, -0.2) is 0 Å². The zero-order chi connectivity index (χ0) is 15.3. The number of morpholine rings is 1. The highest BCUT2D eigenvalue weighted by molar-refractivity contribution is 5.85. The number of carbonyl (C=O) groups is 1. The van der Waals surface area contributed by atoms with E-state index in [0.29, 0.717) is 19.7 Å². The fourth-order valence-corrected chi connectivity index (χ4v) is 2.35. The Balaban J connectivity index is 0.00000242. The Morgan fingerprint density at radius 2 is 2.00 bits per heavy atom. The number of ether oxygens (including phenoxy) is 1. The Morgan fingerprint density at radius 1 is 1.32 bits per heavy atom. The molecule has 0 aliphatic carbocycles. The first-order chi connectivity index (χ1) is 9.97. The van der Waals surface area contributed by atoms with Crippen LogP contribution in [-0.4, -0.2) is 38.3 Å². The van der Waals surface area contributed by atoms with Gasteiger partial charge < -0.3 is 15.4 Å². The van der Waals surface area contributed by atoms with Gasteiger partial charge in [-0.15, -0.1) is 12.4 Å². The summed E-state index contributed by atoms with van der Waals surface area (Å²) in [6.45, 7) is 9.30. The van der Waals surface area contributed by atoms with E-state index in [1.165, 1.54) is 11.1 Å². The highest BCUT2D eigenvalue weighted by atomic mass is 35.5. The van der Waals surface area contributed by atoms with Gasteiger partial charge in [-0.1, -0.05) is 45.0 Å². The van der Waals surface area contributed by atoms with E-state index < -0.39 is 0 Å². The van der Waals surface area contributed by atoms with E-state index in [1.807, 2.05) is 0 Å². The second kappa shape index (κ2) is 8.51. The van der Waals surface area contributed by atoms with E-state index in [-0.39, 0.29) is 29.8 Å². The lowest BCUT2D eigenvalue weighted by molar-refractivity contribution is -0.134. The predicted molar refractivity (Wildman–Crippen MR) is 91.7 cm³/mol.